The van der Waals surface area contributed by atoms with E-state index in [4.69, 9.17) is 4.74 Å². The number of hydrogen-bond donors (Lipinski definition) is 1. The molecule has 2 atom stereocenters. The van der Waals surface area contributed by atoms with Gasteiger partial charge in [0.1, 0.15) is 0 Å². The van der Waals surface area contributed by atoms with Crippen molar-refractivity contribution < 1.29 is 14.6 Å². The zero-order chi connectivity index (χ0) is 15.8. The van der Waals surface area contributed by atoms with Gasteiger partial charge in [0.15, 0.2) is 0 Å². The lowest BCUT2D eigenvalue weighted by molar-refractivity contribution is -0.147. The molecule has 3 nitrogen and oxygen atoms in total. The second-order valence-corrected chi connectivity index (χ2v) is 7.97. The Bertz CT molecular complexity index is 537. The first kappa shape index (κ1) is 16.5. The summed E-state index contributed by atoms with van der Waals surface area (Å²) in [6.07, 6.45) is 1.30. The molecule has 1 aromatic rings. The highest BCUT2D eigenvalue weighted by atomic mass is 79.9. The van der Waals surface area contributed by atoms with Crippen molar-refractivity contribution in [3.63, 3.8) is 0 Å². The van der Waals surface area contributed by atoms with Crippen molar-refractivity contribution in [2.45, 2.75) is 51.7 Å². The first-order valence-electron chi connectivity index (χ1n) is 7.28. The maximum atomic E-state index is 11.8. The second-order valence-electron chi connectivity index (χ2n) is 7.05. The third kappa shape index (κ3) is 3.86. The highest BCUT2D eigenvalue weighted by Gasteiger charge is 2.50. The van der Waals surface area contributed by atoms with Gasteiger partial charge in [0.25, 0.3) is 0 Å². The molecule has 0 bridgehead atoms. The molecular weight excluding hydrogens is 332 g/mol. The van der Waals surface area contributed by atoms with Crippen LogP contribution < -0.4 is 0 Å². The highest BCUT2D eigenvalue weighted by Crippen LogP contribution is 2.46. The molecule has 2 unspecified atom stereocenters. The normalized spacial score (nSPS) is 24.7. The maximum Gasteiger partial charge on any atom is 0.307 e. The Balaban J connectivity index is 2.26. The molecule has 1 aliphatic rings. The number of ether oxygens (including phenoxy) is 1. The Labute approximate surface area is 134 Å². The molecule has 1 saturated heterocycles. The minimum atomic E-state index is -0.741. The van der Waals surface area contributed by atoms with Gasteiger partial charge in [0, 0.05) is 10.4 Å². The van der Waals surface area contributed by atoms with Gasteiger partial charge in [-0.15, -0.1) is 0 Å². The Morgan fingerprint density at radius 1 is 1.43 bits per heavy atom. The van der Waals surface area contributed by atoms with Crippen LogP contribution in [-0.4, -0.2) is 22.3 Å². The van der Waals surface area contributed by atoms with Crippen molar-refractivity contribution >= 4 is 21.9 Å². The number of aliphatic carboxylic acids is 1. The van der Waals surface area contributed by atoms with E-state index in [-0.39, 0.29) is 11.5 Å². The van der Waals surface area contributed by atoms with Crippen LogP contribution in [0.15, 0.2) is 28.7 Å². The molecular formula is C17H23BrO3. The second kappa shape index (κ2) is 5.73. The van der Waals surface area contributed by atoms with Gasteiger partial charge in [0.2, 0.25) is 0 Å². The summed E-state index contributed by atoms with van der Waals surface area (Å²) in [5.74, 6) is -1.17. The van der Waals surface area contributed by atoms with E-state index in [0.29, 0.717) is 6.42 Å². The summed E-state index contributed by atoms with van der Waals surface area (Å²) < 4.78 is 7.05. The number of carboxylic acids is 1. The van der Waals surface area contributed by atoms with Crippen LogP contribution in [0.3, 0.4) is 0 Å². The van der Waals surface area contributed by atoms with E-state index in [1.807, 2.05) is 52.0 Å². The molecule has 1 fully saturated rings. The minimum absolute atomic E-state index is 0.00369. The van der Waals surface area contributed by atoms with Gasteiger partial charge >= 0.3 is 5.97 Å². The summed E-state index contributed by atoms with van der Waals surface area (Å²) in [4.78, 5) is 11.8. The maximum absolute atomic E-state index is 11.8. The van der Waals surface area contributed by atoms with Crippen LogP contribution >= 0.6 is 15.9 Å². The molecule has 0 aliphatic carbocycles. The van der Waals surface area contributed by atoms with Crippen molar-refractivity contribution in [3.8, 4) is 0 Å². The van der Waals surface area contributed by atoms with Crippen LogP contribution in [0.25, 0.3) is 0 Å². The average Bonchev–Trinajstić information content (AvgIpc) is 2.54. The molecule has 1 aliphatic heterocycles. The molecule has 1 N–H and O–H groups in total. The molecule has 0 spiro atoms. The van der Waals surface area contributed by atoms with Gasteiger partial charge < -0.3 is 9.84 Å². The predicted molar refractivity (Wildman–Crippen MR) is 86.3 cm³/mol. The van der Waals surface area contributed by atoms with Gasteiger partial charge in [-0.3, -0.25) is 4.79 Å². The third-order valence-electron chi connectivity index (χ3n) is 4.29. The van der Waals surface area contributed by atoms with E-state index >= 15 is 0 Å². The zero-order valence-corrected chi connectivity index (χ0v) is 14.6. The first-order chi connectivity index (χ1) is 9.61. The fraction of sp³-hybridized carbons (Fsp3) is 0.588. The molecule has 21 heavy (non-hydrogen) atoms. The first-order valence-corrected chi connectivity index (χ1v) is 8.07. The standard InChI is InChI=1S/C17H23BrO3/c1-16(2)10-14(17(3,4)21-16)13(15(19)20)9-11-6-5-7-12(18)8-11/h5-8,13-14H,9-10H2,1-4H3,(H,19,20). The van der Waals surface area contributed by atoms with Gasteiger partial charge in [0.05, 0.1) is 17.1 Å². The lowest BCUT2D eigenvalue weighted by Crippen LogP contribution is -2.37. The Morgan fingerprint density at radius 3 is 2.57 bits per heavy atom. The summed E-state index contributed by atoms with van der Waals surface area (Å²) in [6.45, 7) is 8.08. The smallest absolute Gasteiger partial charge is 0.307 e. The number of halogens is 1. The van der Waals surface area contributed by atoms with Gasteiger partial charge in [-0.2, -0.15) is 0 Å². The summed E-state index contributed by atoms with van der Waals surface area (Å²) >= 11 is 3.44. The predicted octanol–water partition coefficient (Wildman–Crippen LogP) is 4.29. The zero-order valence-electron chi connectivity index (χ0n) is 13.0. The molecule has 0 amide bonds. The number of carbonyl (C=O) groups is 1. The topological polar surface area (TPSA) is 46.5 Å². The molecule has 0 radical (unpaired) electrons. The third-order valence-corrected chi connectivity index (χ3v) is 4.78. The van der Waals surface area contributed by atoms with Crippen LogP contribution in [0.1, 0.15) is 39.7 Å². The fourth-order valence-electron chi connectivity index (χ4n) is 3.55. The average molecular weight is 355 g/mol. The van der Waals surface area contributed by atoms with E-state index in [0.717, 1.165) is 16.5 Å². The highest BCUT2D eigenvalue weighted by molar-refractivity contribution is 9.10. The summed E-state index contributed by atoms with van der Waals surface area (Å²) in [7, 11) is 0. The number of carboxylic acid groups (broad SMARTS) is 1. The Hall–Kier alpha value is -0.870. The van der Waals surface area contributed by atoms with Gasteiger partial charge in [-0.25, -0.2) is 0 Å². The van der Waals surface area contributed by atoms with Gasteiger partial charge in [-0.1, -0.05) is 28.1 Å². The summed E-state index contributed by atoms with van der Waals surface area (Å²) in [5, 5.41) is 9.70. The van der Waals surface area contributed by atoms with Gasteiger partial charge in [-0.05, 0) is 58.2 Å². The fourth-order valence-corrected chi connectivity index (χ4v) is 4.00. The summed E-state index contributed by atoms with van der Waals surface area (Å²) in [5.41, 5.74) is 0.356. The molecule has 0 aromatic heterocycles. The number of hydrogen-bond acceptors (Lipinski definition) is 2. The van der Waals surface area contributed by atoms with E-state index in [9.17, 15) is 9.90 Å². The van der Waals surface area contributed by atoms with Crippen LogP contribution in [-0.2, 0) is 16.0 Å². The van der Waals surface area contributed by atoms with Crippen LogP contribution in [0.2, 0.25) is 0 Å². The van der Waals surface area contributed by atoms with Crippen LogP contribution in [0, 0.1) is 11.8 Å². The lowest BCUT2D eigenvalue weighted by atomic mass is 9.75. The molecule has 0 saturated carbocycles. The number of benzene rings is 1. The quantitative estimate of drug-likeness (QED) is 0.877. The van der Waals surface area contributed by atoms with Crippen molar-refractivity contribution in [3.05, 3.63) is 34.3 Å². The van der Waals surface area contributed by atoms with Crippen molar-refractivity contribution in [2.24, 2.45) is 11.8 Å². The SMILES string of the molecule is CC1(C)CC(C(Cc2cccc(Br)c2)C(=O)O)C(C)(C)O1. The summed E-state index contributed by atoms with van der Waals surface area (Å²) in [6, 6.07) is 7.86. The molecule has 2 rings (SSSR count). The molecule has 4 heteroatoms. The Kier molecular flexibility index (Phi) is 4.50. The minimum Gasteiger partial charge on any atom is -0.481 e. The molecule has 1 heterocycles. The Morgan fingerprint density at radius 2 is 2.10 bits per heavy atom. The van der Waals surface area contributed by atoms with E-state index in [2.05, 4.69) is 15.9 Å². The molecule has 116 valence electrons. The van der Waals surface area contributed by atoms with E-state index in [1.165, 1.54) is 0 Å². The van der Waals surface area contributed by atoms with Crippen LogP contribution in [0.4, 0.5) is 0 Å². The van der Waals surface area contributed by atoms with Crippen molar-refractivity contribution in [2.75, 3.05) is 0 Å². The lowest BCUT2D eigenvalue weighted by Gasteiger charge is -2.31. The number of rotatable bonds is 4. The largest absolute Gasteiger partial charge is 0.481 e. The molecule has 1 aromatic carbocycles. The van der Waals surface area contributed by atoms with E-state index < -0.39 is 17.5 Å². The van der Waals surface area contributed by atoms with Crippen LogP contribution in [0.5, 0.6) is 0 Å². The van der Waals surface area contributed by atoms with Crippen molar-refractivity contribution in [1.29, 1.82) is 0 Å². The van der Waals surface area contributed by atoms with E-state index in [1.54, 1.807) is 0 Å². The van der Waals surface area contributed by atoms with Crippen molar-refractivity contribution in [1.82, 2.24) is 0 Å². The monoisotopic (exact) mass is 354 g/mol.